The normalized spacial score (nSPS) is 11.4. The van der Waals surface area contributed by atoms with E-state index in [1.165, 1.54) is 38.6 Å². The molecule has 10 aromatic carbocycles. The minimum atomic E-state index is 0.576. The molecule has 4 heteroatoms. The lowest BCUT2D eigenvalue weighted by Crippen LogP contribution is -2.01. The van der Waals surface area contributed by atoms with Crippen LogP contribution in [0.1, 0.15) is 0 Å². The fourth-order valence-corrected chi connectivity index (χ4v) is 9.50. The van der Waals surface area contributed by atoms with Crippen LogP contribution in [0.5, 0.6) is 0 Å². The zero-order chi connectivity index (χ0) is 42.6. The Bertz CT molecular complexity index is 3660. The highest BCUT2D eigenvalue weighted by atomic mass is 15.0. The van der Waals surface area contributed by atoms with E-state index in [-0.39, 0.29) is 0 Å². The second-order valence-electron chi connectivity index (χ2n) is 16.2. The number of fused-ring (bicyclic) bond motifs is 4. The number of benzene rings is 10. The summed E-state index contributed by atoms with van der Waals surface area (Å²) in [6.07, 6.45) is 0. The first-order valence-electron chi connectivity index (χ1n) is 21.5. The average Bonchev–Trinajstić information content (AvgIpc) is 3.70. The monoisotopic (exact) mass is 812 g/mol. The number of rotatable bonds is 7. The molecule has 0 saturated heterocycles. The average molecular weight is 813 g/mol. The van der Waals surface area contributed by atoms with Gasteiger partial charge in [0.05, 0.1) is 6.57 Å². The van der Waals surface area contributed by atoms with Gasteiger partial charge in [-0.3, -0.25) is 0 Å². The molecule has 11 aromatic rings. The van der Waals surface area contributed by atoms with Gasteiger partial charge in [0.15, 0.2) is 23.2 Å². The fourth-order valence-electron chi connectivity index (χ4n) is 9.50. The summed E-state index contributed by atoms with van der Waals surface area (Å²) in [7, 11) is 0. The molecule has 0 aliphatic heterocycles. The molecule has 12 rings (SSSR count). The predicted octanol–water partition coefficient (Wildman–Crippen LogP) is 16.0. The van der Waals surface area contributed by atoms with Gasteiger partial charge < -0.3 is 0 Å². The topological polar surface area (TPSA) is 43.0 Å². The van der Waals surface area contributed by atoms with Gasteiger partial charge in [0.1, 0.15) is 0 Å². The van der Waals surface area contributed by atoms with Crippen LogP contribution in [-0.2, 0) is 0 Å². The number of hydrogen-bond acceptors (Lipinski definition) is 3. The Kier molecular flexibility index (Phi) is 8.84. The molecule has 1 heterocycles. The van der Waals surface area contributed by atoms with Crippen LogP contribution >= 0.6 is 0 Å². The van der Waals surface area contributed by atoms with Gasteiger partial charge in [-0.1, -0.05) is 206 Å². The Morgan fingerprint density at radius 3 is 1.53 bits per heavy atom. The van der Waals surface area contributed by atoms with Crippen molar-refractivity contribution in [2.45, 2.75) is 0 Å². The van der Waals surface area contributed by atoms with E-state index in [4.69, 9.17) is 21.5 Å². The number of nitrogens with zero attached hydrogens (tertiary/aromatic N) is 4. The second kappa shape index (κ2) is 15.3. The molecule has 4 nitrogen and oxygen atoms in total. The lowest BCUT2D eigenvalue weighted by atomic mass is 9.89. The summed E-state index contributed by atoms with van der Waals surface area (Å²) in [4.78, 5) is 19.4. The highest BCUT2D eigenvalue weighted by molar-refractivity contribution is 6.18. The standard InChI is InChI=1S/C60H36N4/c1-61-56-34-31-43(46-22-8-12-26-54(46)60-63-58(39-16-3-2-4-17-39)62-59(64-60)44-30-29-38-15-5-6-18-40(38)35-44)37-55(56)48-23-9-7-21-45(48)41-19-13-20-42(36-41)47-32-33-53-50-25-11-10-24-49(50)52-28-14-27-51(47)57(52)53/h2-37H. The van der Waals surface area contributed by atoms with Crippen LogP contribution in [0.25, 0.3) is 127 Å². The van der Waals surface area contributed by atoms with Crippen LogP contribution in [0.2, 0.25) is 0 Å². The molecular weight excluding hydrogens is 777 g/mol. The Labute approximate surface area is 371 Å². The van der Waals surface area contributed by atoms with Crippen LogP contribution in [0.3, 0.4) is 0 Å². The molecule has 1 aliphatic carbocycles. The summed E-state index contributed by atoms with van der Waals surface area (Å²) in [6, 6.07) is 76.3. The molecule has 0 spiro atoms. The third-order valence-electron chi connectivity index (χ3n) is 12.5. The maximum Gasteiger partial charge on any atom is 0.194 e. The van der Waals surface area contributed by atoms with Gasteiger partial charge in [0, 0.05) is 16.7 Å². The van der Waals surface area contributed by atoms with E-state index in [2.05, 4.69) is 169 Å². The highest BCUT2D eigenvalue weighted by Gasteiger charge is 2.23. The molecule has 64 heavy (non-hydrogen) atoms. The SMILES string of the molecule is [C-]#[N+]c1ccc(-c2ccccc2-c2nc(-c3ccccc3)nc(-c3ccc4ccccc4c3)n2)cc1-c1ccccc1-c1cccc(-c2ccc3c4c(cccc24)-c2ccccc2-3)c1. The molecule has 0 radical (unpaired) electrons. The Morgan fingerprint density at radius 1 is 0.281 bits per heavy atom. The Hall–Kier alpha value is -8.78. The Balaban J connectivity index is 0.969. The molecule has 0 bridgehead atoms. The maximum absolute atomic E-state index is 8.33. The van der Waals surface area contributed by atoms with Crippen molar-refractivity contribution >= 4 is 27.2 Å². The summed E-state index contributed by atoms with van der Waals surface area (Å²) in [5, 5.41) is 4.84. The van der Waals surface area contributed by atoms with Gasteiger partial charge in [-0.2, -0.15) is 0 Å². The van der Waals surface area contributed by atoms with Gasteiger partial charge in [-0.05, 0) is 100 Å². The van der Waals surface area contributed by atoms with Gasteiger partial charge >= 0.3 is 0 Å². The van der Waals surface area contributed by atoms with Gasteiger partial charge in [-0.15, -0.1) is 0 Å². The van der Waals surface area contributed by atoms with E-state index in [1.807, 2.05) is 54.6 Å². The van der Waals surface area contributed by atoms with Crippen LogP contribution in [0, 0.1) is 6.57 Å². The molecule has 0 unspecified atom stereocenters. The van der Waals surface area contributed by atoms with Gasteiger partial charge in [0.2, 0.25) is 0 Å². The molecule has 296 valence electrons. The maximum atomic E-state index is 8.33. The van der Waals surface area contributed by atoms with E-state index < -0.39 is 0 Å². The summed E-state index contributed by atoms with van der Waals surface area (Å²) in [5.74, 6) is 1.78. The molecule has 0 amide bonds. The second-order valence-corrected chi connectivity index (χ2v) is 16.2. The molecule has 0 fully saturated rings. The van der Waals surface area contributed by atoms with Crippen molar-refractivity contribution in [2.75, 3.05) is 0 Å². The van der Waals surface area contributed by atoms with E-state index in [0.717, 1.165) is 66.4 Å². The zero-order valence-corrected chi connectivity index (χ0v) is 34.6. The molecule has 0 atom stereocenters. The predicted molar refractivity (Wildman–Crippen MR) is 264 cm³/mol. The first kappa shape index (κ1) is 37.0. The molecule has 1 aliphatic rings. The number of aromatic nitrogens is 3. The quantitative estimate of drug-likeness (QED) is 0.151. The minimum Gasteiger partial charge on any atom is -0.238 e. The van der Waals surface area contributed by atoms with Crippen LogP contribution in [-0.4, -0.2) is 15.0 Å². The molecule has 0 N–H and O–H groups in total. The van der Waals surface area contributed by atoms with Crippen molar-refractivity contribution in [2.24, 2.45) is 0 Å². The van der Waals surface area contributed by atoms with Crippen molar-refractivity contribution in [1.29, 1.82) is 0 Å². The first-order valence-corrected chi connectivity index (χ1v) is 21.5. The van der Waals surface area contributed by atoms with Crippen molar-refractivity contribution < 1.29 is 0 Å². The first-order chi connectivity index (χ1) is 31.7. The van der Waals surface area contributed by atoms with Crippen LogP contribution in [0.15, 0.2) is 218 Å². The van der Waals surface area contributed by atoms with Crippen molar-refractivity contribution in [3.8, 4) is 101 Å². The molecule has 0 saturated carbocycles. The summed E-state index contributed by atoms with van der Waals surface area (Å²) < 4.78 is 0. The van der Waals surface area contributed by atoms with E-state index in [9.17, 15) is 0 Å². The van der Waals surface area contributed by atoms with Gasteiger partial charge in [-0.25, -0.2) is 19.8 Å². The van der Waals surface area contributed by atoms with E-state index in [0.29, 0.717) is 23.2 Å². The number of hydrogen-bond donors (Lipinski definition) is 0. The minimum absolute atomic E-state index is 0.576. The summed E-state index contributed by atoms with van der Waals surface area (Å²) in [5.41, 5.74) is 16.7. The molecular formula is C60H36N4. The Morgan fingerprint density at radius 2 is 0.781 bits per heavy atom. The summed E-state index contributed by atoms with van der Waals surface area (Å²) in [6.45, 7) is 8.33. The van der Waals surface area contributed by atoms with Crippen LogP contribution in [0.4, 0.5) is 5.69 Å². The van der Waals surface area contributed by atoms with E-state index in [1.54, 1.807) is 0 Å². The lowest BCUT2D eigenvalue weighted by molar-refractivity contribution is 1.07. The van der Waals surface area contributed by atoms with Gasteiger partial charge in [0.25, 0.3) is 0 Å². The highest BCUT2D eigenvalue weighted by Crippen LogP contribution is 2.50. The van der Waals surface area contributed by atoms with Crippen molar-refractivity contribution in [3.05, 3.63) is 230 Å². The third-order valence-corrected chi connectivity index (χ3v) is 12.5. The lowest BCUT2D eigenvalue weighted by Gasteiger charge is -2.16. The largest absolute Gasteiger partial charge is 0.238 e. The fraction of sp³-hybridized carbons (Fsp3) is 0. The van der Waals surface area contributed by atoms with Crippen molar-refractivity contribution in [1.82, 2.24) is 15.0 Å². The molecule has 1 aromatic heterocycles. The smallest absolute Gasteiger partial charge is 0.194 e. The van der Waals surface area contributed by atoms with Crippen molar-refractivity contribution in [3.63, 3.8) is 0 Å². The zero-order valence-electron chi connectivity index (χ0n) is 34.6. The van der Waals surface area contributed by atoms with E-state index >= 15 is 0 Å². The summed E-state index contributed by atoms with van der Waals surface area (Å²) >= 11 is 0. The third kappa shape index (κ3) is 6.26. The van der Waals surface area contributed by atoms with Crippen LogP contribution < -0.4 is 0 Å².